The third kappa shape index (κ3) is 5.43. The Morgan fingerprint density at radius 1 is 1.00 bits per heavy atom. The van der Waals surface area contributed by atoms with E-state index in [1.165, 1.54) is 36.2 Å². The fourth-order valence-corrected chi connectivity index (χ4v) is 4.28. The third-order valence-electron chi connectivity index (χ3n) is 5.16. The van der Waals surface area contributed by atoms with Crippen molar-refractivity contribution in [3.8, 4) is 0 Å². The van der Waals surface area contributed by atoms with Gasteiger partial charge in [-0.15, -0.1) is 0 Å². The number of para-hydroxylation sites is 1. The molecule has 3 aromatic carbocycles. The molecule has 0 radical (unpaired) electrons. The molecule has 1 heterocycles. The van der Waals surface area contributed by atoms with E-state index in [1.54, 1.807) is 4.90 Å². The molecule has 33 heavy (non-hydrogen) atoms. The van der Waals surface area contributed by atoms with Crippen LogP contribution in [-0.4, -0.2) is 23.4 Å². The number of carbonyl (C=O) groups is 2. The van der Waals surface area contributed by atoms with E-state index in [-0.39, 0.29) is 11.4 Å². The van der Waals surface area contributed by atoms with Crippen LogP contribution in [-0.2, 0) is 11.2 Å². The first kappa shape index (κ1) is 23.0. The van der Waals surface area contributed by atoms with Crippen molar-refractivity contribution >= 4 is 35.1 Å². The van der Waals surface area contributed by atoms with Gasteiger partial charge in [-0.05, 0) is 92.9 Å². The fourth-order valence-electron chi connectivity index (χ4n) is 3.58. The van der Waals surface area contributed by atoms with Crippen LogP contribution < -0.4 is 14.9 Å². The number of carbonyl (C=O) groups excluding carboxylic acids is 2. The molecule has 5 nitrogen and oxygen atoms in total. The molecule has 2 amide bonds. The average Bonchev–Trinajstić information content (AvgIpc) is 2.79. The Morgan fingerprint density at radius 3 is 2.33 bits per heavy atom. The predicted octanol–water partition coefficient (Wildman–Crippen LogP) is 5.24. The van der Waals surface area contributed by atoms with E-state index >= 15 is 0 Å². The predicted molar refractivity (Wildman–Crippen MR) is 130 cm³/mol. The van der Waals surface area contributed by atoms with Gasteiger partial charge < -0.3 is 5.32 Å². The zero-order valence-electron chi connectivity index (χ0n) is 18.8. The molecule has 0 aromatic heterocycles. The number of hydrogen-bond acceptors (Lipinski definition) is 4. The van der Waals surface area contributed by atoms with Crippen LogP contribution in [0.1, 0.15) is 36.7 Å². The molecule has 1 atom stereocenters. The molecule has 1 unspecified atom stereocenters. The Labute approximate surface area is 197 Å². The van der Waals surface area contributed by atoms with Crippen LogP contribution >= 0.6 is 11.9 Å². The fraction of sp³-hybridized carbons (Fsp3) is 0.231. The SMILES string of the molecule is CC(C)(C)NSc1ccc(N2C(=O)C(NC(=O)c3ccc(F)cc3)Cc3ccccc32)cc1. The van der Waals surface area contributed by atoms with E-state index in [0.717, 1.165) is 21.8 Å². The number of halogens is 1. The Morgan fingerprint density at radius 2 is 1.67 bits per heavy atom. The summed E-state index contributed by atoms with van der Waals surface area (Å²) in [6, 6.07) is 20.0. The zero-order chi connectivity index (χ0) is 23.6. The van der Waals surface area contributed by atoms with E-state index in [0.29, 0.717) is 12.0 Å². The molecular formula is C26H26FN3O2S. The molecule has 1 aliphatic rings. The topological polar surface area (TPSA) is 61.4 Å². The van der Waals surface area contributed by atoms with E-state index in [9.17, 15) is 14.0 Å². The van der Waals surface area contributed by atoms with Crippen molar-refractivity contribution < 1.29 is 14.0 Å². The molecule has 0 fully saturated rings. The van der Waals surface area contributed by atoms with Crippen LogP contribution in [0.15, 0.2) is 77.7 Å². The van der Waals surface area contributed by atoms with Crippen molar-refractivity contribution in [3.05, 3.63) is 89.7 Å². The summed E-state index contributed by atoms with van der Waals surface area (Å²) in [5.41, 5.74) is 2.79. The van der Waals surface area contributed by atoms with Gasteiger partial charge in [0, 0.05) is 28.1 Å². The number of hydrogen-bond donors (Lipinski definition) is 2. The lowest BCUT2D eigenvalue weighted by molar-refractivity contribution is -0.120. The molecule has 1 aliphatic heterocycles. The van der Waals surface area contributed by atoms with Gasteiger partial charge in [0.2, 0.25) is 0 Å². The van der Waals surface area contributed by atoms with Gasteiger partial charge in [0.1, 0.15) is 11.9 Å². The summed E-state index contributed by atoms with van der Waals surface area (Å²) in [6.07, 6.45) is 0.391. The van der Waals surface area contributed by atoms with Crippen LogP contribution in [0.3, 0.4) is 0 Å². The van der Waals surface area contributed by atoms with Gasteiger partial charge in [-0.2, -0.15) is 0 Å². The van der Waals surface area contributed by atoms with E-state index in [4.69, 9.17) is 0 Å². The van der Waals surface area contributed by atoms with Gasteiger partial charge in [0.15, 0.2) is 0 Å². The Balaban J connectivity index is 1.58. The minimum Gasteiger partial charge on any atom is -0.340 e. The summed E-state index contributed by atoms with van der Waals surface area (Å²) in [5.74, 6) is -1.04. The zero-order valence-corrected chi connectivity index (χ0v) is 19.6. The highest BCUT2D eigenvalue weighted by Crippen LogP contribution is 2.35. The lowest BCUT2D eigenvalue weighted by Crippen LogP contribution is -2.51. The van der Waals surface area contributed by atoms with E-state index < -0.39 is 17.8 Å². The first-order chi connectivity index (χ1) is 15.7. The Hall–Kier alpha value is -3.16. The van der Waals surface area contributed by atoms with Gasteiger partial charge in [-0.3, -0.25) is 19.2 Å². The number of anilines is 2. The van der Waals surface area contributed by atoms with Gasteiger partial charge in [0.05, 0.1) is 5.69 Å². The summed E-state index contributed by atoms with van der Waals surface area (Å²) in [4.78, 5) is 28.9. The molecule has 7 heteroatoms. The molecule has 0 saturated carbocycles. The number of nitrogens with one attached hydrogen (secondary N) is 2. The maximum absolute atomic E-state index is 13.5. The third-order valence-corrected chi connectivity index (χ3v) is 6.38. The second kappa shape index (κ2) is 9.37. The number of nitrogens with zero attached hydrogens (tertiary/aromatic N) is 1. The number of rotatable bonds is 5. The summed E-state index contributed by atoms with van der Waals surface area (Å²) in [6.45, 7) is 6.29. The smallest absolute Gasteiger partial charge is 0.254 e. The maximum atomic E-state index is 13.5. The van der Waals surface area contributed by atoms with Gasteiger partial charge >= 0.3 is 0 Å². The van der Waals surface area contributed by atoms with Crippen molar-refractivity contribution in [3.63, 3.8) is 0 Å². The highest BCUT2D eigenvalue weighted by molar-refractivity contribution is 7.97. The lowest BCUT2D eigenvalue weighted by Gasteiger charge is -2.34. The average molecular weight is 464 g/mol. The van der Waals surface area contributed by atoms with Crippen molar-refractivity contribution in [2.75, 3.05) is 4.90 Å². The van der Waals surface area contributed by atoms with Crippen LogP contribution in [0.2, 0.25) is 0 Å². The van der Waals surface area contributed by atoms with Gasteiger partial charge in [-0.25, -0.2) is 4.39 Å². The molecular weight excluding hydrogens is 437 g/mol. The molecule has 3 aromatic rings. The van der Waals surface area contributed by atoms with Crippen LogP contribution in [0.5, 0.6) is 0 Å². The van der Waals surface area contributed by atoms with Gasteiger partial charge in [0.25, 0.3) is 11.8 Å². The molecule has 170 valence electrons. The minimum absolute atomic E-state index is 0.0267. The molecule has 4 rings (SSSR count). The van der Waals surface area contributed by atoms with Crippen LogP contribution in [0.4, 0.5) is 15.8 Å². The van der Waals surface area contributed by atoms with E-state index in [2.05, 4.69) is 30.8 Å². The molecule has 0 saturated heterocycles. The molecule has 2 N–H and O–H groups in total. The summed E-state index contributed by atoms with van der Waals surface area (Å²) in [5, 5.41) is 2.83. The number of fused-ring (bicyclic) bond motifs is 1. The molecule has 0 spiro atoms. The van der Waals surface area contributed by atoms with Crippen molar-refractivity contribution in [2.24, 2.45) is 0 Å². The quantitative estimate of drug-likeness (QED) is 0.508. The number of amides is 2. The van der Waals surface area contributed by atoms with Crippen LogP contribution in [0.25, 0.3) is 0 Å². The Kier molecular flexibility index (Phi) is 6.54. The standard InChI is InChI=1S/C26H26FN3O2S/c1-26(2,3)29-33-21-14-12-20(13-15-21)30-23-7-5-4-6-18(23)16-22(25(30)32)28-24(31)17-8-10-19(27)11-9-17/h4-15,22,29H,16H2,1-3H3,(H,28,31). The lowest BCUT2D eigenvalue weighted by atomic mass is 9.96. The maximum Gasteiger partial charge on any atom is 0.254 e. The summed E-state index contributed by atoms with van der Waals surface area (Å²) < 4.78 is 16.6. The van der Waals surface area contributed by atoms with Crippen molar-refractivity contribution in [1.29, 1.82) is 0 Å². The largest absolute Gasteiger partial charge is 0.340 e. The van der Waals surface area contributed by atoms with Gasteiger partial charge in [-0.1, -0.05) is 18.2 Å². The highest BCUT2D eigenvalue weighted by Gasteiger charge is 2.34. The summed E-state index contributed by atoms with van der Waals surface area (Å²) >= 11 is 1.54. The van der Waals surface area contributed by atoms with Crippen molar-refractivity contribution in [2.45, 2.75) is 43.7 Å². The minimum atomic E-state index is -0.728. The van der Waals surface area contributed by atoms with Crippen LogP contribution in [0, 0.1) is 5.82 Å². The first-order valence-corrected chi connectivity index (χ1v) is 11.6. The van der Waals surface area contributed by atoms with E-state index in [1.807, 2.05) is 48.5 Å². The second-order valence-electron chi connectivity index (χ2n) is 8.99. The van der Waals surface area contributed by atoms with Crippen molar-refractivity contribution in [1.82, 2.24) is 10.0 Å². The second-order valence-corrected chi connectivity index (χ2v) is 9.87. The normalized spacial score (nSPS) is 15.8. The highest BCUT2D eigenvalue weighted by atomic mass is 32.2. The number of benzene rings is 3. The summed E-state index contributed by atoms with van der Waals surface area (Å²) in [7, 11) is 0. The first-order valence-electron chi connectivity index (χ1n) is 10.7. The molecule has 0 bridgehead atoms. The molecule has 0 aliphatic carbocycles. The monoisotopic (exact) mass is 463 g/mol. The Bertz CT molecular complexity index is 1160.